The van der Waals surface area contributed by atoms with Gasteiger partial charge in [0.05, 0.1) is 70.5 Å². The molecule has 0 radical (unpaired) electrons. The molecule has 0 atom stereocenters. The molecule has 9 nitrogen and oxygen atoms in total. The van der Waals surface area contributed by atoms with Crippen LogP contribution in [0.2, 0.25) is 5.02 Å². The number of hydrogen-bond donors (Lipinski definition) is 2. The van der Waals surface area contributed by atoms with Crippen LogP contribution in [-0.4, -0.2) is 90.4 Å². The highest BCUT2D eigenvalue weighted by molar-refractivity contribution is 9.10. The van der Waals surface area contributed by atoms with Crippen molar-refractivity contribution in [2.24, 2.45) is 0 Å². The SMILES string of the molecule is O=C(O)NCCOCCOCCOCCOCCOCCOc1ccc(Cl)cc1Br. The fourth-order valence-electron chi connectivity index (χ4n) is 2.01. The van der Waals surface area contributed by atoms with E-state index >= 15 is 0 Å². The first-order valence-electron chi connectivity index (χ1n) is 9.53. The largest absolute Gasteiger partial charge is 0.490 e. The van der Waals surface area contributed by atoms with Gasteiger partial charge in [0, 0.05) is 11.6 Å². The summed E-state index contributed by atoms with van der Waals surface area (Å²) in [4.78, 5) is 10.2. The molecular weight excluding hydrogens is 486 g/mol. The number of ether oxygens (including phenoxy) is 6. The van der Waals surface area contributed by atoms with Crippen molar-refractivity contribution in [3.05, 3.63) is 27.7 Å². The highest BCUT2D eigenvalue weighted by atomic mass is 79.9. The van der Waals surface area contributed by atoms with Gasteiger partial charge in [-0.3, -0.25) is 0 Å². The predicted octanol–water partition coefficient (Wildman–Crippen LogP) is 2.83. The van der Waals surface area contributed by atoms with Crippen molar-refractivity contribution < 1.29 is 38.3 Å². The molecule has 1 aromatic rings. The van der Waals surface area contributed by atoms with Crippen molar-refractivity contribution in [1.82, 2.24) is 5.32 Å². The minimum atomic E-state index is -1.06. The molecule has 0 fully saturated rings. The fourth-order valence-corrected chi connectivity index (χ4v) is 2.81. The molecule has 1 rings (SSSR count). The third kappa shape index (κ3) is 15.7. The summed E-state index contributed by atoms with van der Waals surface area (Å²) in [5, 5.41) is 11.2. The number of nitrogens with one attached hydrogen (secondary N) is 1. The minimum Gasteiger partial charge on any atom is -0.490 e. The van der Waals surface area contributed by atoms with Gasteiger partial charge < -0.3 is 38.8 Å². The molecule has 0 aliphatic carbocycles. The van der Waals surface area contributed by atoms with Crippen LogP contribution in [0, 0.1) is 0 Å². The van der Waals surface area contributed by atoms with Crippen molar-refractivity contribution >= 4 is 33.6 Å². The van der Waals surface area contributed by atoms with E-state index in [2.05, 4.69) is 21.2 Å². The molecule has 0 unspecified atom stereocenters. The van der Waals surface area contributed by atoms with E-state index in [0.717, 1.165) is 10.2 Å². The molecule has 30 heavy (non-hydrogen) atoms. The summed E-state index contributed by atoms with van der Waals surface area (Å²) in [6.07, 6.45) is -1.06. The highest BCUT2D eigenvalue weighted by Gasteiger charge is 2.01. The summed E-state index contributed by atoms with van der Waals surface area (Å²) < 4.78 is 33.1. The normalized spacial score (nSPS) is 10.9. The first kappa shape index (κ1) is 26.9. The molecular formula is C19H29BrClNO8. The Morgan fingerprint density at radius 3 is 1.77 bits per heavy atom. The lowest BCUT2D eigenvalue weighted by Crippen LogP contribution is -2.25. The van der Waals surface area contributed by atoms with Crippen LogP contribution in [0.25, 0.3) is 0 Å². The molecule has 0 aromatic heterocycles. The average molecular weight is 515 g/mol. The zero-order valence-corrected chi connectivity index (χ0v) is 19.1. The second-order valence-corrected chi connectivity index (χ2v) is 7.01. The Labute approximate surface area is 190 Å². The first-order valence-corrected chi connectivity index (χ1v) is 10.7. The van der Waals surface area contributed by atoms with Crippen molar-refractivity contribution in [3.8, 4) is 5.75 Å². The maximum absolute atomic E-state index is 10.2. The molecule has 0 aliphatic rings. The molecule has 0 saturated heterocycles. The smallest absolute Gasteiger partial charge is 0.404 e. The zero-order chi connectivity index (χ0) is 21.9. The van der Waals surface area contributed by atoms with Crippen molar-refractivity contribution in [1.29, 1.82) is 0 Å². The van der Waals surface area contributed by atoms with Crippen LogP contribution in [0.4, 0.5) is 4.79 Å². The second-order valence-electron chi connectivity index (χ2n) is 5.72. The Morgan fingerprint density at radius 1 is 0.833 bits per heavy atom. The van der Waals surface area contributed by atoms with Crippen molar-refractivity contribution in [2.75, 3.05) is 79.2 Å². The topological polar surface area (TPSA) is 105 Å². The van der Waals surface area contributed by atoms with E-state index in [4.69, 9.17) is 45.1 Å². The summed E-state index contributed by atoms with van der Waals surface area (Å²) in [5.41, 5.74) is 0. The lowest BCUT2D eigenvalue weighted by Gasteiger charge is -2.09. The van der Waals surface area contributed by atoms with Gasteiger partial charge in [0.2, 0.25) is 0 Å². The molecule has 0 aliphatic heterocycles. The number of benzene rings is 1. The van der Waals surface area contributed by atoms with Gasteiger partial charge in [-0.2, -0.15) is 0 Å². The van der Waals surface area contributed by atoms with E-state index in [1.54, 1.807) is 18.2 Å². The standard InChI is InChI=1S/C19H29BrClNO8/c20-17-15-16(21)1-2-18(17)30-14-13-29-12-11-28-10-9-27-8-7-26-6-5-25-4-3-22-19(23)24/h1-2,15,22H,3-14H2,(H,23,24). The van der Waals surface area contributed by atoms with Crippen molar-refractivity contribution in [3.63, 3.8) is 0 Å². The summed E-state index contributed by atoms with van der Waals surface area (Å²) in [6.45, 7) is 5.19. The van der Waals surface area contributed by atoms with Crippen LogP contribution in [0.3, 0.4) is 0 Å². The van der Waals surface area contributed by atoms with Crippen LogP contribution < -0.4 is 10.1 Å². The molecule has 172 valence electrons. The van der Waals surface area contributed by atoms with Crippen LogP contribution >= 0.6 is 27.5 Å². The van der Waals surface area contributed by atoms with Crippen molar-refractivity contribution in [2.45, 2.75) is 0 Å². The monoisotopic (exact) mass is 513 g/mol. The number of amides is 1. The Morgan fingerprint density at radius 2 is 1.30 bits per heavy atom. The number of carboxylic acid groups (broad SMARTS) is 1. The Balaban J connectivity index is 1.75. The first-order chi connectivity index (χ1) is 14.6. The van der Waals surface area contributed by atoms with Gasteiger partial charge in [-0.05, 0) is 34.1 Å². The number of rotatable bonds is 19. The van der Waals surface area contributed by atoms with Crippen LogP contribution in [0.5, 0.6) is 5.75 Å². The molecule has 0 saturated carbocycles. The number of carbonyl (C=O) groups is 1. The van der Waals surface area contributed by atoms with E-state index in [1.165, 1.54) is 0 Å². The molecule has 0 heterocycles. The third-order valence-electron chi connectivity index (χ3n) is 3.39. The molecule has 2 N–H and O–H groups in total. The highest BCUT2D eigenvalue weighted by Crippen LogP contribution is 2.27. The van der Waals surface area contributed by atoms with Crippen LogP contribution in [0.1, 0.15) is 0 Å². The van der Waals surface area contributed by atoms with E-state index in [0.29, 0.717) is 77.7 Å². The molecule has 1 aromatic carbocycles. The van der Waals surface area contributed by atoms with E-state index in [1.807, 2.05) is 0 Å². The average Bonchev–Trinajstić information content (AvgIpc) is 2.71. The third-order valence-corrected chi connectivity index (χ3v) is 4.24. The zero-order valence-electron chi connectivity index (χ0n) is 16.8. The Kier molecular flexibility index (Phi) is 16.7. The van der Waals surface area contributed by atoms with Gasteiger partial charge in [-0.15, -0.1) is 0 Å². The summed E-state index contributed by atoms with van der Waals surface area (Å²) >= 11 is 9.27. The summed E-state index contributed by atoms with van der Waals surface area (Å²) in [6, 6.07) is 5.35. The van der Waals surface area contributed by atoms with Crippen LogP contribution in [0.15, 0.2) is 22.7 Å². The van der Waals surface area contributed by atoms with E-state index < -0.39 is 6.09 Å². The molecule has 11 heteroatoms. The summed E-state index contributed by atoms with van der Waals surface area (Å²) in [7, 11) is 0. The molecule has 1 amide bonds. The second kappa shape index (κ2) is 18.6. The number of hydrogen-bond acceptors (Lipinski definition) is 7. The quantitative estimate of drug-likeness (QED) is 0.272. The van der Waals surface area contributed by atoms with Gasteiger partial charge in [0.1, 0.15) is 12.4 Å². The summed E-state index contributed by atoms with van der Waals surface area (Å²) in [5.74, 6) is 0.723. The fraction of sp³-hybridized carbons (Fsp3) is 0.632. The van der Waals surface area contributed by atoms with E-state index in [-0.39, 0.29) is 6.54 Å². The minimum absolute atomic E-state index is 0.263. The Hall–Kier alpha value is -1.14. The van der Waals surface area contributed by atoms with Gasteiger partial charge in [-0.1, -0.05) is 11.6 Å². The van der Waals surface area contributed by atoms with Gasteiger partial charge in [0.25, 0.3) is 0 Å². The van der Waals surface area contributed by atoms with Gasteiger partial charge >= 0.3 is 6.09 Å². The maximum Gasteiger partial charge on any atom is 0.404 e. The lowest BCUT2D eigenvalue weighted by molar-refractivity contribution is -0.0124. The van der Waals surface area contributed by atoms with E-state index in [9.17, 15) is 4.79 Å². The van der Waals surface area contributed by atoms with Gasteiger partial charge in [-0.25, -0.2) is 4.79 Å². The number of halogens is 2. The molecule has 0 spiro atoms. The van der Waals surface area contributed by atoms with Crippen LogP contribution in [-0.2, 0) is 23.7 Å². The van der Waals surface area contributed by atoms with Gasteiger partial charge in [0.15, 0.2) is 0 Å². The molecule has 0 bridgehead atoms. The lowest BCUT2D eigenvalue weighted by atomic mass is 10.3. The predicted molar refractivity (Wildman–Crippen MR) is 115 cm³/mol. The maximum atomic E-state index is 10.2. The Bertz CT molecular complexity index is 581.